The van der Waals surface area contributed by atoms with Crippen LogP contribution in [0.25, 0.3) is 22.3 Å². The molecule has 314 valence electrons. The molecule has 8 aromatic rings. The summed E-state index contributed by atoms with van der Waals surface area (Å²) in [6.45, 7) is 11.3. The molecule has 8 aromatic carbocycles. The maximum absolute atomic E-state index is 6.91. The average molecular weight is 826 g/mol. The van der Waals surface area contributed by atoms with Crippen molar-refractivity contribution in [2.24, 2.45) is 16.5 Å². The zero-order chi connectivity index (χ0) is 44.4. The fourth-order valence-corrected chi connectivity index (χ4v) is 8.46. The quantitative estimate of drug-likeness (QED) is 0.0994. The molecule has 0 aromatic heterocycles. The molecule has 0 spiro atoms. The summed E-state index contributed by atoms with van der Waals surface area (Å²) in [7, 11) is 1.70. The van der Waals surface area contributed by atoms with Gasteiger partial charge in [-0.05, 0) is 88.2 Å². The lowest BCUT2D eigenvalue weighted by molar-refractivity contribution is 0.359. The Labute approximate surface area is 373 Å². The summed E-state index contributed by atoms with van der Waals surface area (Å²) in [5, 5.41) is 0. The van der Waals surface area contributed by atoms with Crippen LogP contribution in [0.4, 0.5) is 0 Å². The summed E-state index contributed by atoms with van der Waals surface area (Å²) < 4.78 is 13.3. The number of aliphatic imine (C=N–C) groups is 1. The zero-order valence-electron chi connectivity index (χ0n) is 36.8. The largest absolute Gasteiger partial charge is 0.449 e. The van der Waals surface area contributed by atoms with Crippen LogP contribution in [0.2, 0.25) is 0 Å². The molecule has 0 bridgehead atoms. The molecule has 1 aliphatic carbocycles. The number of amidine groups is 1. The Kier molecular flexibility index (Phi) is 13.5. The number of rotatable bonds is 6. The van der Waals surface area contributed by atoms with Crippen molar-refractivity contribution in [1.29, 1.82) is 0 Å². The third-order valence-corrected chi connectivity index (χ3v) is 11.4. The van der Waals surface area contributed by atoms with Gasteiger partial charge in [-0.2, -0.15) is 0 Å². The van der Waals surface area contributed by atoms with Gasteiger partial charge in [0.25, 0.3) is 0 Å². The predicted molar refractivity (Wildman–Crippen MR) is 263 cm³/mol. The van der Waals surface area contributed by atoms with E-state index in [1.165, 1.54) is 27.8 Å². The second-order valence-electron chi connectivity index (χ2n) is 15.2. The first kappa shape index (κ1) is 43.6. The number of allylic oxidation sites excluding steroid dienone is 1. The lowest BCUT2D eigenvalue weighted by Crippen LogP contribution is -2.34. The van der Waals surface area contributed by atoms with Crippen LogP contribution in [-0.2, 0) is 11.0 Å². The van der Waals surface area contributed by atoms with Gasteiger partial charge >= 0.3 is 0 Å². The first-order valence-electron chi connectivity index (χ1n) is 21.5. The maximum atomic E-state index is 6.91. The van der Waals surface area contributed by atoms with Crippen LogP contribution >= 0.6 is 0 Å². The standard InChI is InChI=1S/C39H29NO2.C14H14N2.C3H6.C2H6/c1-38(40,26-13-5-2-6-14-26)29-21-23-33-35(25-29)42-37-34(41-33)24-22-32-36(37)30-19-11-12-20-31(30)39(32,27-15-7-3-8-16-27)28-17-9-4-10-18-28;1-16-14(15)13-9-5-8-12(10-13)11-6-3-2-4-7-11;1-3-2;1-2/h2-25H,40H2,1H3;2-10H,1H3,(H2,15,16);3H,1H2,2H3;1-2H3. The van der Waals surface area contributed by atoms with E-state index in [-0.39, 0.29) is 0 Å². The number of benzene rings is 8. The van der Waals surface area contributed by atoms with Gasteiger partial charge in [0.2, 0.25) is 0 Å². The highest BCUT2D eigenvalue weighted by atomic mass is 16.6. The van der Waals surface area contributed by atoms with Crippen LogP contribution in [0.1, 0.15) is 66.6 Å². The Hall–Kier alpha value is -7.47. The van der Waals surface area contributed by atoms with Crippen LogP contribution in [0.5, 0.6) is 23.0 Å². The van der Waals surface area contributed by atoms with Gasteiger partial charge in [-0.25, -0.2) is 0 Å². The molecule has 1 unspecified atom stereocenters. The molecule has 1 heterocycles. The third-order valence-electron chi connectivity index (χ3n) is 11.4. The fourth-order valence-electron chi connectivity index (χ4n) is 8.46. The van der Waals surface area contributed by atoms with Crippen LogP contribution in [0.3, 0.4) is 0 Å². The van der Waals surface area contributed by atoms with Gasteiger partial charge in [0.1, 0.15) is 5.84 Å². The molecular formula is C58H55N3O2. The van der Waals surface area contributed by atoms with Gasteiger partial charge in [0.05, 0.1) is 11.0 Å². The summed E-state index contributed by atoms with van der Waals surface area (Å²) in [6, 6.07) is 68.9. The van der Waals surface area contributed by atoms with E-state index in [0.29, 0.717) is 23.1 Å². The average Bonchev–Trinajstić information content (AvgIpc) is 3.66. The van der Waals surface area contributed by atoms with E-state index in [1.54, 1.807) is 13.1 Å². The van der Waals surface area contributed by atoms with Crippen LogP contribution < -0.4 is 20.9 Å². The first-order valence-corrected chi connectivity index (χ1v) is 21.5. The highest BCUT2D eigenvalue weighted by Gasteiger charge is 2.48. The van der Waals surface area contributed by atoms with Crippen molar-refractivity contribution < 1.29 is 9.47 Å². The first-order chi connectivity index (χ1) is 30.8. The van der Waals surface area contributed by atoms with Gasteiger partial charge in [-0.3, -0.25) is 4.99 Å². The fraction of sp³-hybridized carbons (Fsp3) is 0.121. The Morgan fingerprint density at radius 2 is 1.11 bits per heavy atom. The van der Waals surface area contributed by atoms with Crippen LogP contribution in [0.15, 0.2) is 218 Å². The minimum Gasteiger partial charge on any atom is -0.449 e. The molecule has 0 fully saturated rings. The Morgan fingerprint density at radius 1 is 0.571 bits per heavy atom. The van der Waals surface area contributed by atoms with Crippen molar-refractivity contribution in [3.8, 4) is 45.3 Å². The maximum Gasteiger partial charge on any atom is 0.178 e. The number of nitrogens with two attached hydrogens (primary N) is 2. The molecular weight excluding hydrogens is 771 g/mol. The number of fused-ring (bicyclic) bond motifs is 6. The molecule has 2 aliphatic rings. The van der Waals surface area contributed by atoms with E-state index in [2.05, 4.69) is 145 Å². The summed E-state index contributed by atoms with van der Waals surface area (Å²) >= 11 is 0. The van der Waals surface area contributed by atoms with Crippen LogP contribution in [-0.4, -0.2) is 12.9 Å². The van der Waals surface area contributed by atoms with Gasteiger partial charge < -0.3 is 20.9 Å². The van der Waals surface area contributed by atoms with E-state index >= 15 is 0 Å². The summed E-state index contributed by atoms with van der Waals surface area (Å²) in [6.07, 6.45) is 1.75. The molecule has 5 nitrogen and oxygen atoms in total. The van der Waals surface area contributed by atoms with Gasteiger partial charge in [0.15, 0.2) is 23.0 Å². The predicted octanol–water partition coefficient (Wildman–Crippen LogP) is 14.1. The summed E-state index contributed by atoms with van der Waals surface area (Å²) in [4.78, 5) is 3.99. The molecule has 1 atom stereocenters. The Morgan fingerprint density at radius 3 is 1.73 bits per heavy atom. The second-order valence-corrected chi connectivity index (χ2v) is 15.2. The topological polar surface area (TPSA) is 82.9 Å². The van der Waals surface area contributed by atoms with Crippen molar-refractivity contribution in [3.63, 3.8) is 0 Å². The molecule has 63 heavy (non-hydrogen) atoms. The van der Waals surface area contributed by atoms with Crippen molar-refractivity contribution in [3.05, 3.63) is 252 Å². The van der Waals surface area contributed by atoms with Crippen molar-refractivity contribution in [2.75, 3.05) is 7.05 Å². The minimum absolute atomic E-state index is 0.502. The SMILES string of the molecule is C=CC.CC.CC(N)(c1ccccc1)c1ccc2c(c1)Oc1c(ccc3c1-c1ccccc1C3(c1ccccc1)c1ccccc1)O2.CN=C(N)c1cccc(-c2ccccc2)c1. The number of hydrogen-bond acceptors (Lipinski definition) is 4. The van der Waals surface area contributed by atoms with Gasteiger partial charge in [-0.15, -0.1) is 6.58 Å². The smallest absolute Gasteiger partial charge is 0.178 e. The summed E-state index contributed by atoms with van der Waals surface area (Å²) in [5.41, 5.74) is 23.8. The van der Waals surface area contributed by atoms with E-state index in [0.717, 1.165) is 39.1 Å². The normalized spacial score (nSPS) is 13.3. The van der Waals surface area contributed by atoms with E-state index in [9.17, 15) is 0 Å². The molecule has 5 heteroatoms. The monoisotopic (exact) mass is 825 g/mol. The highest BCUT2D eigenvalue weighted by molar-refractivity contribution is 5.98. The molecule has 0 saturated carbocycles. The van der Waals surface area contributed by atoms with Crippen molar-refractivity contribution >= 4 is 5.84 Å². The summed E-state index contributed by atoms with van der Waals surface area (Å²) in [5.74, 6) is 3.35. The molecule has 0 radical (unpaired) electrons. The molecule has 0 saturated heterocycles. The van der Waals surface area contributed by atoms with Crippen LogP contribution in [0, 0.1) is 0 Å². The number of hydrogen-bond donors (Lipinski definition) is 2. The van der Waals surface area contributed by atoms with E-state index in [4.69, 9.17) is 20.9 Å². The highest BCUT2D eigenvalue weighted by Crippen LogP contribution is 2.62. The zero-order valence-corrected chi connectivity index (χ0v) is 36.8. The second kappa shape index (κ2) is 19.5. The molecule has 0 amide bonds. The number of ether oxygens (including phenoxy) is 2. The Bertz CT molecular complexity index is 2780. The Balaban J connectivity index is 0.000000237. The lowest BCUT2D eigenvalue weighted by Gasteiger charge is -2.34. The van der Waals surface area contributed by atoms with Crippen molar-refractivity contribution in [1.82, 2.24) is 0 Å². The number of nitrogens with zero attached hydrogens (tertiary/aromatic N) is 1. The van der Waals surface area contributed by atoms with Gasteiger partial charge in [-0.1, -0.05) is 196 Å². The molecule has 1 aliphatic heterocycles. The minimum atomic E-state index is -0.694. The van der Waals surface area contributed by atoms with E-state index in [1.807, 2.05) is 94.4 Å². The van der Waals surface area contributed by atoms with E-state index < -0.39 is 11.0 Å². The molecule has 10 rings (SSSR count). The lowest BCUT2D eigenvalue weighted by atomic mass is 9.68. The van der Waals surface area contributed by atoms with Gasteiger partial charge in [0, 0.05) is 18.2 Å². The van der Waals surface area contributed by atoms with Crippen molar-refractivity contribution in [2.45, 2.75) is 38.6 Å². The molecule has 4 N–H and O–H groups in total. The third kappa shape index (κ3) is 8.44.